The van der Waals surface area contributed by atoms with Crippen LogP contribution in [0.25, 0.3) is 0 Å². The summed E-state index contributed by atoms with van der Waals surface area (Å²) >= 11 is 5.04. The zero-order valence-corrected chi connectivity index (χ0v) is 20.5. The van der Waals surface area contributed by atoms with Gasteiger partial charge in [0.2, 0.25) is 0 Å². The van der Waals surface area contributed by atoms with Crippen LogP contribution >= 0.6 is 27.3 Å². The lowest BCUT2D eigenvalue weighted by Crippen LogP contribution is -2.46. The number of rotatable bonds is 6. The van der Waals surface area contributed by atoms with Crippen molar-refractivity contribution in [1.82, 2.24) is 4.90 Å². The Balaban J connectivity index is 1.57. The third-order valence-corrected chi connectivity index (χ3v) is 9.11. The number of carbonyl (C=O) groups is 1. The average Bonchev–Trinajstić information content (AvgIpc) is 3.33. The molecular weight excluding hydrogens is 479 g/mol. The summed E-state index contributed by atoms with van der Waals surface area (Å²) in [5, 5.41) is 0.779. The van der Waals surface area contributed by atoms with Crippen molar-refractivity contribution in [2.24, 2.45) is 11.7 Å². The first-order chi connectivity index (χ1) is 14.9. The van der Waals surface area contributed by atoms with Gasteiger partial charge in [0.05, 0.1) is 16.0 Å². The molecule has 1 saturated carbocycles. The van der Waals surface area contributed by atoms with E-state index in [0.29, 0.717) is 19.1 Å². The van der Waals surface area contributed by atoms with Gasteiger partial charge in [-0.05, 0) is 89.6 Å². The van der Waals surface area contributed by atoms with E-state index >= 15 is 0 Å². The lowest BCUT2D eigenvalue weighted by atomic mass is 9.91. The predicted molar refractivity (Wildman–Crippen MR) is 126 cm³/mol. The van der Waals surface area contributed by atoms with Crippen molar-refractivity contribution >= 4 is 33.2 Å². The predicted octanol–water partition coefficient (Wildman–Crippen LogP) is 6.00. The van der Waals surface area contributed by atoms with Gasteiger partial charge in [-0.25, -0.2) is 4.39 Å². The van der Waals surface area contributed by atoms with Crippen molar-refractivity contribution in [2.75, 3.05) is 13.2 Å². The number of benzene rings is 1. The number of halogens is 2. The standard InChI is InChI=1S/C24H30BrFN2O2S/c1-3-9-30-24-21(25)14(2)22(31-24)23(29)28-8-4-5-16-11-17(12-20(16)28)18-10-15(13-27)6-7-19(18)26/h6-7,10,16-17,20H,3-5,8-9,11-13,27H2,1-2H3. The molecule has 2 N–H and O–H groups in total. The molecule has 4 nitrogen and oxygen atoms in total. The molecule has 1 aliphatic carbocycles. The molecule has 1 aliphatic heterocycles. The number of thiophene rings is 1. The molecule has 1 aromatic carbocycles. The maximum absolute atomic E-state index is 14.6. The van der Waals surface area contributed by atoms with Crippen molar-refractivity contribution in [2.45, 2.75) is 64.5 Å². The first kappa shape index (κ1) is 22.7. The highest BCUT2D eigenvalue weighted by Gasteiger charge is 2.43. The fourth-order valence-electron chi connectivity index (χ4n) is 5.11. The van der Waals surface area contributed by atoms with Gasteiger partial charge >= 0.3 is 0 Å². The van der Waals surface area contributed by atoms with E-state index in [2.05, 4.69) is 22.9 Å². The highest BCUT2D eigenvalue weighted by molar-refractivity contribution is 9.10. The fraction of sp³-hybridized carbons (Fsp3) is 0.542. The van der Waals surface area contributed by atoms with Crippen LogP contribution in [0.2, 0.25) is 0 Å². The lowest BCUT2D eigenvalue weighted by molar-refractivity contribution is 0.0552. The number of hydrogen-bond donors (Lipinski definition) is 1. The van der Waals surface area contributed by atoms with Gasteiger partial charge in [0.1, 0.15) is 5.82 Å². The maximum atomic E-state index is 14.6. The van der Waals surface area contributed by atoms with Crippen molar-refractivity contribution in [1.29, 1.82) is 0 Å². The van der Waals surface area contributed by atoms with E-state index in [9.17, 15) is 9.18 Å². The SMILES string of the molecule is CCCOc1sc(C(=O)N2CCCC3CC(c4cc(CN)ccc4F)CC32)c(C)c1Br. The monoisotopic (exact) mass is 508 g/mol. The van der Waals surface area contributed by atoms with E-state index in [1.54, 1.807) is 6.07 Å². The third kappa shape index (κ3) is 4.41. The first-order valence-electron chi connectivity index (χ1n) is 11.2. The van der Waals surface area contributed by atoms with Gasteiger partial charge in [0.25, 0.3) is 5.91 Å². The van der Waals surface area contributed by atoms with Gasteiger partial charge in [-0.3, -0.25) is 4.79 Å². The van der Waals surface area contributed by atoms with Crippen LogP contribution in [0.15, 0.2) is 22.7 Å². The minimum Gasteiger partial charge on any atom is -0.483 e. The van der Waals surface area contributed by atoms with Crippen LogP contribution in [0.4, 0.5) is 4.39 Å². The molecule has 3 unspecified atom stereocenters. The highest BCUT2D eigenvalue weighted by Crippen LogP contribution is 2.47. The molecule has 0 spiro atoms. The van der Waals surface area contributed by atoms with Gasteiger partial charge in [-0.15, -0.1) is 0 Å². The molecule has 2 heterocycles. The molecule has 2 fully saturated rings. The third-order valence-electron chi connectivity index (χ3n) is 6.70. The summed E-state index contributed by atoms with van der Waals surface area (Å²) in [7, 11) is 0. The molecule has 31 heavy (non-hydrogen) atoms. The molecule has 7 heteroatoms. The molecule has 1 saturated heterocycles. The van der Waals surface area contributed by atoms with Crippen LogP contribution < -0.4 is 10.5 Å². The van der Waals surface area contributed by atoms with Crippen LogP contribution in [0.5, 0.6) is 5.06 Å². The Morgan fingerprint density at radius 1 is 1.39 bits per heavy atom. The molecule has 168 valence electrons. The summed E-state index contributed by atoms with van der Waals surface area (Å²) in [6.45, 7) is 5.84. The van der Waals surface area contributed by atoms with Crippen LogP contribution in [0.3, 0.4) is 0 Å². The summed E-state index contributed by atoms with van der Waals surface area (Å²) < 4.78 is 21.3. The minimum absolute atomic E-state index is 0.0843. The molecule has 2 aliphatic rings. The second-order valence-electron chi connectivity index (χ2n) is 8.70. The smallest absolute Gasteiger partial charge is 0.264 e. The number of ether oxygens (including phenoxy) is 1. The molecular formula is C24H30BrFN2O2S. The maximum Gasteiger partial charge on any atom is 0.264 e. The zero-order chi connectivity index (χ0) is 22.1. The summed E-state index contributed by atoms with van der Waals surface area (Å²) in [5.41, 5.74) is 8.44. The van der Waals surface area contributed by atoms with Crippen LogP contribution in [-0.4, -0.2) is 30.0 Å². The average molecular weight is 509 g/mol. The fourth-order valence-corrected chi connectivity index (χ4v) is 6.83. The number of piperidine rings is 1. The number of likely N-dealkylation sites (tertiary alicyclic amines) is 1. The minimum atomic E-state index is -0.158. The van der Waals surface area contributed by atoms with E-state index in [0.717, 1.165) is 69.8 Å². The van der Waals surface area contributed by atoms with Gasteiger partial charge < -0.3 is 15.4 Å². The Morgan fingerprint density at radius 3 is 2.94 bits per heavy atom. The van der Waals surface area contributed by atoms with Crippen molar-refractivity contribution in [3.8, 4) is 5.06 Å². The Morgan fingerprint density at radius 2 is 2.19 bits per heavy atom. The topological polar surface area (TPSA) is 55.6 Å². The molecule has 4 rings (SSSR count). The number of carbonyl (C=O) groups excluding carboxylic acids is 1. The Bertz CT molecular complexity index is 963. The summed E-state index contributed by atoms with van der Waals surface area (Å²) in [6, 6.07) is 5.37. The molecule has 0 bridgehead atoms. The largest absolute Gasteiger partial charge is 0.483 e. The number of nitrogens with two attached hydrogens (primary N) is 1. The highest BCUT2D eigenvalue weighted by atomic mass is 79.9. The van der Waals surface area contributed by atoms with E-state index < -0.39 is 0 Å². The van der Waals surface area contributed by atoms with Crippen LogP contribution in [0.1, 0.15) is 71.3 Å². The van der Waals surface area contributed by atoms with E-state index in [-0.39, 0.29) is 23.7 Å². The molecule has 0 radical (unpaired) electrons. The van der Waals surface area contributed by atoms with Gasteiger partial charge in [-0.1, -0.05) is 30.4 Å². The summed E-state index contributed by atoms with van der Waals surface area (Å²) in [6.07, 6.45) is 4.76. The number of fused-ring (bicyclic) bond motifs is 1. The van der Waals surface area contributed by atoms with Gasteiger partial charge in [0, 0.05) is 19.1 Å². The van der Waals surface area contributed by atoms with E-state index in [1.165, 1.54) is 17.4 Å². The number of hydrogen-bond acceptors (Lipinski definition) is 4. The second-order valence-corrected chi connectivity index (χ2v) is 10.5. The second kappa shape index (κ2) is 9.59. The van der Waals surface area contributed by atoms with Crippen molar-refractivity contribution in [3.63, 3.8) is 0 Å². The number of nitrogens with zero attached hydrogens (tertiary/aromatic N) is 1. The molecule has 1 aromatic heterocycles. The normalized spacial score (nSPS) is 23.1. The molecule has 2 aromatic rings. The Hall–Kier alpha value is -1.44. The van der Waals surface area contributed by atoms with Gasteiger partial charge in [-0.2, -0.15) is 0 Å². The Kier molecular flexibility index (Phi) is 7.04. The van der Waals surface area contributed by atoms with Crippen molar-refractivity contribution in [3.05, 3.63) is 50.1 Å². The summed E-state index contributed by atoms with van der Waals surface area (Å²) in [4.78, 5) is 16.4. The quantitative estimate of drug-likeness (QED) is 0.520. The van der Waals surface area contributed by atoms with Crippen LogP contribution in [-0.2, 0) is 6.54 Å². The van der Waals surface area contributed by atoms with E-state index in [4.69, 9.17) is 10.5 Å². The van der Waals surface area contributed by atoms with Crippen LogP contribution in [0, 0.1) is 18.7 Å². The van der Waals surface area contributed by atoms with Gasteiger partial charge in [0.15, 0.2) is 5.06 Å². The zero-order valence-electron chi connectivity index (χ0n) is 18.1. The Labute approximate surface area is 196 Å². The van der Waals surface area contributed by atoms with Crippen molar-refractivity contribution < 1.29 is 13.9 Å². The molecule has 1 amide bonds. The number of amides is 1. The first-order valence-corrected chi connectivity index (χ1v) is 12.8. The van der Waals surface area contributed by atoms with E-state index in [1.807, 2.05) is 17.9 Å². The summed E-state index contributed by atoms with van der Waals surface area (Å²) in [5.74, 6) is 0.480. The lowest BCUT2D eigenvalue weighted by Gasteiger charge is -2.37. The molecule has 3 atom stereocenters.